The van der Waals surface area contributed by atoms with E-state index >= 15 is 0 Å². The lowest BCUT2D eigenvalue weighted by atomic mass is 9.78. The van der Waals surface area contributed by atoms with Gasteiger partial charge in [-0.2, -0.15) is 0 Å². The molecule has 0 radical (unpaired) electrons. The maximum Gasteiger partial charge on any atom is 0.191 e. The number of hydrogen-bond donors (Lipinski definition) is 2. The lowest BCUT2D eigenvalue weighted by molar-refractivity contribution is -0.0835. The molecule has 32 heavy (non-hydrogen) atoms. The summed E-state index contributed by atoms with van der Waals surface area (Å²) in [6.45, 7) is 14.4. The molecule has 2 saturated heterocycles. The zero-order valence-electron chi connectivity index (χ0n) is 20.5. The van der Waals surface area contributed by atoms with Gasteiger partial charge < -0.3 is 24.8 Å². The molecule has 3 rings (SSSR count). The summed E-state index contributed by atoms with van der Waals surface area (Å²) in [6.07, 6.45) is 4.90. The molecule has 0 amide bonds. The van der Waals surface area contributed by atoms with Gasteiger partial charge in [0.25, 0.3) is 0 Å². The summed E-state index contributed by atoms with van der Waals surface area (Å²) < 4.78 is 17.6. The second-order valence-corrected chi connectivity index (χ2v) is 10.1. The average Bonchev–Trinajstić information content (AvgIpc) is 2.80. The number of aliphatic imine (C=N–C) groups is 1. The van der Waals surface area contributed by atoms with E-state index in [2.05, 4.69) is 62.6 Å². The summed E-state index contributed by atoms with van der Waals surface area (Å²) in [4.78, 5) is 4.84. The van der Waals surface area contributed by atoms with Crippen LogP contribution in [0.5, 0.6) is 0 Å². The van der Waals surface area contributed by atoms with Gasteiger partial charge in [-0.15, -0.1) is 0 Å². The molecule has 180 valence electrons. The SMILES string of the molecule is CCNC(=NCc1cccc(COC2CCOCC2)c1)NCC1CCCOC1C(C)(C)C. The third-order valence-electron chi connectivity index (χ3n) is 6.24. The van der Waals surface area contributed by atoms with Gasteiger partial charge in [0, 0.05) is 38.8 Å². The van der Waals surface area contributed by atoms with Crippen LogP contribution in [0, 0.1) is 11.3 Å². The van der Waals surface area contributed by atoms with Crippen molar-refractivity contribution in [2.45, 2.75) is 78.7 Å². The number of nitrogens with zero attached hydrogens (tertiary/aromatic N) is 1. The maximum absolute atomic E-state index is 6.14. The van der Waals surface area contributed by atoms with E-state index in [0.717, 1.165) is 58.1 Å². The minimum absolute atomic E-state index is 0.148. The zero-order chi connectivity index (χ0) is 22.8. The van der Waals surface area contributed by atoms with Crippen LogP contribution in [0.4, 0.5) is 0 Å². The molecule has 0 aromatic heterocycles. The van der Waals surface area contributed by atoms with Crippen molar-refractivity contribution in [1.82, 2.24) is 10.6 Å². The van der Waals surface area contributed by atoms with Crippen LogP contribution in [0.15, 0.2) is 29.3 Å². The Morgan fingerprint density at radius 3 is 2.62 bits per heavy atom. The Hall–Kier alpha value is -1.63. The van der Waals surface area contributed by atoms with Gasteiger partial charge in [-0.1, -0.05) is 45.0 Å². The molecule has 1 aromatic rings. The van der Waals surface area contributed by atoms with E-state index in [-0.39, 0.29) is 11.5 Å². The van der Waals surface area contributed by atoms with Gasteiger partial charge in [-0.25, -0.2) is 4.99 Å². The number of nitrogens with one attached hydrogen (secondary N) is 2. The number of ether oxygens (including phenoxy) is 3. The Morgan fingerprint density at radius 2 is 1.88 bits per heavy atom. The topological polar surface area (TPSA) is 64.1 Å². The number of benzene rings is 1. The first-order valence-electron chi connectivity index (χ1n) is 12.4. The number of hydrogen-bond acceptors (Lipinski definition) is 4. The van der Waals surface area contributed by atoms with Crippen LogP contribution in [0.3, 0.4) is 0 Å². The van der Waals surface area contributed by atoms with Crippen molar-refractivity contribution in [3.8, 4) is 0 Å². The average molecular weight is 446 g/mol. The Labute approximate surface area is 194 Å². The Morgan fingerprint density at radius 1 is 1.09 bits per heavy atom. The second-order valence-electron chi connectivity index (χ2n) is 10.1. The van der Waals surface area contributed by atoms with E-state index in [1.165, 1.54) is 17.5 Å². The first-order chi connectivity index (χ1) is 15.5. The first-order valence-corrected chi connectivity index (χ1v) is 12.4. The van der Waals surface area contributed by atoms with Crippen molar-refractivity contribution < 1.29 is 14.2 Å². The fraction of sp³-hybridized carbons (Fsp3) is 0.731. The minimum Gasteiger partial charge on any atom is -0.381 e. The van der Waals surface area contributed by atoms with E-state index in [9.17, 15) is 0 Å². The van der Waals surface area contributed by atoms with E-state index in [1.54, 1.807) is 0 Å². The molecule has 6 nitrogen and oxygen atoms in total. The van der Waals surface area contributed by atoms with E-state index in [4.69, 9.17) is 19.2 Å². The number of guanidine groups is 1. The lowest BCUT2D eigenvalue weighted by Gasteiger charge is -2.40. The molecular weight excluding hydrogens is 402 g/mol. The highest BCUT2D eigenvalue weighted by Gasteiger charge is 2.35. The summed E-state index contributed by atoms with van der Waals surface area (Å²) in [5, 5.41) is 6.96. The van der Waals surface area contributed by atoms with Gasteiger partial charge in [-0.05, 0) is 49.1 Å². The molecule has 0 aliphatic carbocycles. The molecule has 2 aliphatic rings. The molecule has 0 bridgehead atoms. The van der Waals surface area contributed by atoms with Crippen LogP contribution < -0.4 is 10.6 Å². The Balaban J connectivity index is 1.53. The van der Waals surface area contributed by atoms with Crippen LogP contribution in [-0.4, -0.2) is 51.1 Å². The summed E-state index contributed by atoms with van der Waals surface area (Å²) in [5.41, 5.74) is 2.55. The minimum atomic E-state index is 0.148. The van der Waals surface area contributed by atoms with Crippen LogP contribution in [0.25, 0.3) is 0 Å². The van der Waals surface area contributed by atoms with Crippen LogP contribution in [-0.2, 0) is 27.4 Å². The van der Waals surface area contributed by atoms with Crippen molar-refractivity contribution in [3.63, 3.8) is 0 Å². The molecule has 1 aromatic carbocycles. The molecule has 2 heterocycles. The normalized spacial score (nSPS) is 23.2. The molecular formula is C26H43N3O3. The predicted octanol–water partition coefficient (Wildman–Crippen LogP) is 4.28. The van der Waals surface area contributed by atoms with Gasteiger partial charge in [0.05, 0.1) is 25.4 Å². The molecule has 2 fully saturated rings. The van der Waals surface area contributed by atoms with E-state index in [0.29, 0.717) is 25.2 Å². The molecule has 6 heteroatoms. The lowest BCUT2D eigenvalue weighted by Crippen LogP contribution is -2.47. The molecule has 0 spiro atoms. The zero-order valence-corrected chi connectivity index (χ0v) is 20.5. The molecule has 2 atom stereocenters. The highest BCUT2D eigenvalue weighted by atomic mass is 16.5. The molecule has 2 N–H and O–H groups in total. The quantitative estimate of drug-likeness (QED) is 0.462. The molecule has 2 unspecified atom stereocenters. The van der Waals surface area contributed by atoms with Gasteiger partial charge in [-0.3, -0.25) is 0 Å². The van der Waals surface area contributed by atoms with Crippen LogP contribution in [0.2, 0.25) is 0 Å². The van der Waals surface area contributed by atoms with Gasteiger partial charge in [0.1, 0.15) is 0 Å². The summed E-state index contributed by atoms with van der Waals surface area (Å²) >= 11 is 0. The van der Waals surface area contributed by atoms with E-state index < -0.39 is 0 Å². The first kappa shape index (κ1) is 25.0. The van der Waals surface area contributed by atoms with Crippen molar-refractivity contribution in [2.75, 3.05) is 32.9 Å². The fourth-order valence-electron chi connectivity index (χ4n) is 4.62. The smallest absolute Gasteiger partial charge is 0.191 e. The summed E-state index contributed by atoms with van der Waals surface area (Å²) in [7, 11) is 0. The summed E-state index contributed by atoms with van der Waals surface area (Å²) in [5.74, 6) is 1.37. The molecule has 2 aliphatic heterocycles. The highest BCUT2D eigenvalue weighted by Crippen LogP contribution is 2.33. The van der Waals surface area contributed by atoms with E-state index in [1.807, 2.05) is 0 Å². The highest BCUT2D eigenvalue weighted by molar-refractivity contribution is 5.79. The molecule has 0 saturated carbocycles. The summed E-state index contributed by atoms with van der Waals surface area (Å²) in [6, 6.07) is 8.57. The third-order valence-corrected chi connectivity index (χ3v) is 6.24. The second kappa shape index (κ2) is 12.6. The monoisotopic (exact) mass is 445 g/mol. The largest absolute Gasteiger partial charge is 0.381 e. The maximum atomic E-state index is 6.14. The predicted molar refractivity (Wildman–Crippen MR) is 130 cm³/mol. The van der Waals surface area contributed by atoms with Gasteiger partial charge >= 0.3 is 0 Å². The Bertz CT molecular complexity index is 711. The van der Waals surface area contributed by atoms with Crippen molar-refractivity contribution >= 4 is 5.96 Å². The van der Waals surface area contributed by atoms with Gasteiger partial charge in [0.15, 0.2) is 5.96 Å². The Kier molecular flexibility index (Phi) is 9.82. The van der Waals surface area contributed by atoms with Crippen molar-refractivity contribution in [1.29, 1.82) is 0 Å². The number of rotatable bonds is 8. The van der Waals surface area contributed by atoms with Crippen molar-refractivity contribution in [2.24, 2.45) is 16.3 Å². The van der Waals surface area contributed by atoms with Crippen molar-refractivity contribution in [3.05, 3.63) is 35.4 Å². The van der Waals surface area contributed by atoms with Crippen LogP contribution in [0.1, 0.15) is 64.5 Å². The standard InChI is InChI=1S/C26H43N3O3/c1-5-27-25(29-18-22-10-7-13-31-24(22)26(2,3)4)28-17-20-8-6-9-21(16-20)19-32-23-11-14-30-15-12-23/h6,8-9,16,22-24H,5,7,10-15,17-19H2,1-4H3,(H2,27,28,29). The fourth-order valence-corrected chi connectivity index (χ4v) is 4.62. The van der Waals surface area contributed by atoms with Crippen LogP contribution >= 0.6 is 0 Å². The third kappa shape index (κ3) is 8.05. The van der Waals surface area contributed by atoms with Gasteiger partial charge in [0.2, 0.25) is 0 Å².